The number of hydrogen-bond donors (Lipinski definition) is 1. The average Bonchev–Trinajstić information content (AvgIpc) is 3.13. The SMILES string of the molecule is CC1=NN(C)C(C)C1C1CNC(CN(C)C2CCCC2)=N1. The quantitative estimate of drug-likeness (QED) is 0.855. The second kappa shape index (κ2) is 5.95. The predicted octanol–water partition coefficient (Wildman–Crippen LogP) is 1.56. The van der Waals surface area contributed by atoms with Gasteiger partial charge in [-0.3, -0.25) is 14.9 Å². The van der Waals surface area contributed by atoms with Crippen molar-refractivity contribution in [1.29, 1.82) is 0 Å². The first-order valence-corrected chi connectivity index (χ1v) is 8.35. The smallest absolute Gasteiger partial charge is 0.111 e. The van der Waals surface area contributed by atoms with Crippen LogP contribution in [0.4, 0.5) is 0 Å². The third-order valence-corrected chi connectivity index (χ3v) is 5.51. The molecular weight excluding hydrogens is 262 g/mol. The number of aliphatic imine (C=N–C) groups is 1. The minimum absolute atomic E-state index is 0.348. The van der Waals surface area contributed by atoms with E-state index in [9.17, 15) is 0 Å². The number of nitrogens with one attached hydrogen (secondary N) is 1. The van der Waals surface area contributed by atoms with Crippen molar-refractivity contribution in [3.05, 3.63) is 0 Å². The lowest BCUT2D eigenvalue weighted by Crippen LogP contribution is -2.39. The molecule has 0 aromatic carbocycles. The van der Waals surface area contributed by atoms with Crippen LogP contribution in [0.3, 0.4) is 0 Å². The van der Waals surface area contributed by atoms with Crippen LogP contribution >= 0.6 is 0 Å². The summed E-state index contributed by atoms with van der Waals surface area (Å²) in [5, 5.41) is 10.2. The molecule has 0 aromatic heterocycles. The normalized spacial score (nSPS) is 33.6. The first-order valence-electron chi connectivity index (χ1n) is 8.35. The van der Waals surface area contributed by atoms with Gasteiger partial charge in [0, 0.05) is 31.3 Å². The van der Waals surface area contributed by atoms with E-state index in [0.717, 1.165) is 19.1 Å². The summed E-state index contributed by atoms with van der Waals surface area (Å²) < 4.78 is 0. The Kier molecular flexibility index (Phi) is 4.20. The average molecular weight is 291 g/mol. The van der Waals surface area contributed by atoms with E-state index < -0.39 is 0 Å². The van der Waals surface area contributed by atoms with E-state index in [4.69, 9.17) is 4.99 Å². The van der Waals surface area contributed by atoms with Crippen molar-refractivity contribution in [3.8, 4) is 0 Å². The molecule has 1 N–H and O–H groups in total. The van der Waals surface area contributed by atoms with Crippen LogP contribution < -0.4 is 5.32 Å². The van der Waals surface area contributed by atoms with Gasteiger partial charge in [0.2, 0.25) is 0 Å². The summed E-state index contributed by atoms with van der Waals surface area (Å²) in [6.07, 6.45) is 5.48. The number of rotatable bonds is 4. The zero-order valence-corrected chi connectivity index (χ0v) is 13.8. The predicted molar refractivity (Wildman–Crippen MR) is 87.9 cm³/mol. The van der Waals surface area contributed by atoms with Gasteiger partial charge in [-0.2, -0.15) is 5.10 Å². The first kappa shape index (κ1) is 14.8. The molecule has 3 rings (SSSR count). The number of likely N-dealkylation sites (N-methyl/N-ethyl adjacent to an activating group) is 1. The largest absolute Gasteiger partial charge is 0.371 e. The van der Waals surface area contributed by atoms with Crippen molar-refractivity contribution in [2.45, 2.75) is 57.7 Å². The molecule has 1 fully saturated rings. The highest BCUT2D eigenvalue weighted by Gasteiger charge is 2.38. The van der Waals surface area contributed by atoms with Crippen molar-refractivity contribution in [2.24, 2.45) is 16.0 Å². The van der Waals surface area contributed by atoms with Gasteiger partial charge in [0.05, 0.1) is 18.6 Å². The molecule has 1 saturated carbocycles. The fourth-order valence-electron chi connectivity index (χ4n) is 4.12. The van der Waals surface area contributed by atoms with Crippen molar-refractivity contribution in [2.75, 3.05) is 27.2 Å². The lowest BCUT2D eigenvalue weighted by molar-refractivity contribution is 0.251. The van der Waals surface area contributed by atoms with Gasteiger partial charge >= 0.3 is 0 Å². The molecule has 3 atom stereocenters. The summed E-state index contributed by atoms with van der Waals surface area (Å²) in [5.41, 5.74) is 1.23. The fraction of sp³-hybridized carbons (Fsp3) is 0.875. The maximum atomic E-state index is 4.97. The van der Waals surface area contributed by atoms with Gasteiger partial charge in [0.1, 0.15) is 5.84 Å². The minimum atomic E-state index is 0.348. The molecule has 1 aliphatic carbocycles. The molecule has 5 heteroatoms. The minimum Gasteiger partial charge on any atom is -0.371 e. The standard InChI is InChI=1S/C16H29N5/c1-11-16(12(2)21(4)19-11)14-9-17-15(18-14)10-20(3)13-7-5-6-8-13/h12-14,16H,5-10H2,1-4H3,(H,17,18). The molecule has 3 unspecified atom stereocenters. The summed E-state index contributed by atoms with van der Waals surface area (Å²) in [6.45, 7) is 6.32. The van der Waals surface area contributed by atoms with Gasteiger partial charge in [0.25, 0.3) is 0 Å². The molecular formula is C16H29N5. The van der Waals surface area contributed by atoms with E-state index in [1.54, 1.807) is 0 Å². The molecule has 2 heterocycles. The monoisotopic (exact) mass is 291 g/mol. The van der Waals surface area contributed by atoms with Crippen molar-refractivity contribution in [3.63, 3.8) is 0 Å². The van der Waals surface area contributed by atoms with Crippen molar-refractivity contribution >= 4 is 11.5 Å². The number of nitrogens with zero attached hydrogens (tertiary/aromatic N) is 4. The molecule has 0 saturated heterocycles. The van der Waals surface area contributed by atoms with Crippen LogP contribution in [0.25, 0.3) is 0 Å². The van der Waals surface area contributed by atoms with Crippen molar-refractivity contribution < 1.29 is 0 Å². The Bertz CT molecular complexity index is 438. The van der Waals surface area contributed by atoms with Crippen LogP contribution in [0.1, 0.15) is 39.5 Å². The Morgan fingerprint density at radius 2 is 2.05 bits per heavy atom. The second-order valence-electron chi connectivity index (χ2n) is 6.96. The molecule has 21 heavy (non-hydrogen) atoms. The van der Waals surface area contributed by atoms with E-state index in [-0.39, 0.29) is 0 Å². The highest BCUT2D eigenvalue weighted by molar-refractivity contribution is 5.90. The molecule has 118 valence electrons. The van der Waals surface area contributed by atoms with E-state index in [1.165, 1.54) is 37.2 Å². The number of hydrogen-bond acceptors (Lipinski definition) is 5. The van der Waals surface area contributed by atoms with Crippen molar-refractivity contribution in [1.82, 2.24) is 15.2 Å². The maximum absolute atomic E-state index is 4.97. The third-order valence-electron chi connectivity index (χ3n) is 5.51. The summed E-state index contributed by atoms with van der Waals surface area (Å²) in [6, 6.07) is 1.56. The summed E-state index contributed by atoms with van der Waals surface area (Å²) >= 11 is 0. The van der Waals surface area contributed by atoms with Gasteiger partial charge < -0.3 is 5.32 Å². The van der Waals surface area contributed by atoms with Crippen LogP contribution in [-0.4, -0.2) is 66.8 Å². The highest BCUT2D eigenvalue weighted by Crippen LogP contribution is 2.27. The molecule has 0 amide bonds. The summed E-state index contributed by atoms with van der Waals surface area (Å²) in [7, 11) is 4.31. The van der Waals surface area contributed by atoms with Gasteiger partial charge in [-0.05, 0) is 33.7 Å². The Hall–Kier alpha value is -1.10. The highest BCUT2D eigenvalue weighted by atomic mass is 15.5. The summed E-state index contributed by atoms with van der Waals surface area (Å²) in [4.78, 5) is 7.45. The van der Waals surface area contributed by atoms with Crippen LogP contribution in [0.15, 0.2) is 10.1 Å². The third kappa shape index (κ3) is 2.93. The van der Waals surface area contributed by atoms with Crippen LogP contribution in [0.2, 0.25) is 0 Å². The van der Waals surface area contributed by atoms with E-state index in [1.807, 2.05) is 0 Å². The van der Waals surface area contributed by atoms with E-state index >= 15 is 0 Å². The van der Waals surface area contributed by atoms with Crippen LogP contribution in [0, 0.1) is 5.92 Å². The van der Waals surface area contributed by atoms with E-state index in [0.29, 0.717) is 18.0 Å². The first-order chi connectivity index (χ1) is 10.1. The van der Waals surface area contributed by atoms with Gasteiger partial charge in [-0.1, -0.05) is 12.8 Å². The molecule has 0 bridgehead atoms. The van der Waals surface area contributed by atoms with Gasteiger partial charge in [-0.25, -0.2) is 0 Å². The number of hydrazone groups is 1. The Labute approximate surface area is 128 Å². The molecule has 2 aliphatic heterocycles. The molecule has 0 radical (unpaired) electrons. The van der Waals surface area contributed by atoms with Crippen LogP contribution in [-0.2, 0) is 0 Å². The van der Waals surface area contributed by atoms with Crippen LogP contribution in [0.5, 0.6) is 0 Å². The second-order valence-corrected chi connectivity index (χ2v) is 6.96. The molecule has 0 aromatic rings. The fourth-order valence-corrected chi connectivity index (χ4v) is 4.12. The number of amidine groups is 1. The molecule has 5 nitrogen and oxygen atoms in total. The lowest BCUT2D eigenvalue weighted by atomic mass is 9.90. The molecule has 3 aliphatic rings. The molecule has 0 spiro atoms. The summed E-state index contributed by atoms with van der Waals surface area (Å²) in [5.74, 6) is 1.63. The Morgan fingerprint density at radius 1 is 1.33 bits per heavy atom. The topological polar surface area (TPSA) is 43.2 Å². The zero-order chi connectivity index (χ0) is 15.0. The Balaban J connectivity index is 1.60. The Morgan fingerprint density at radius 3 is 2.67 bits per heavy atom. The van der Waals surface area contributed by atoms with E-state index in [2.05, 4.69) is 48.3 Å². The van der Waals surface area contributed by atoms with Gasteiger partial charge in [0.15, 0.2) is 0 Å². The zero-order valence-electron chi connectivity index (χ0n) is 13.8. The lowest BCUT2D eigenvalue weighted by Gasteiger charge is -2.24. The maximum Gasteiger partial charge on any atom is 0.111 e. The van der Waals surface area contributed by atoms with Gasteiger partial charge in [-0.15, -0.1) is 0 Å².